The van der Waals surface area contributed by atoms with Gasteiger partial charge in [0, 0.05) is 20.6 Å². The standard InChI is InChI=1S/C18H22N4O3/c1-13-5-4-6-15(9-13)25-12-17(23)21-7-8-22-14(11-21)10-16(19-22)18(24)20(2)3/h4-6,9-10H,7-8,11-12H2,1-3H3. The number of fused-ring (bicyclic) bond motifs is 1. The van der Waals surface area contributed by atoms with E-state index < -0.39 is 0 Å². The maximum atomic E-state index is 12.4. The predicted octanol–water partition coefficient (Wildman–Crippen LogP) is 1.31. The van der Waals surface area contributed by atoms with E-state index in [4.69, 9.17) is 4.74 Å². The van der Waals surface area contributed by atoms with Crippen LogP contribution in [0.3, 0.4) is 0 Å². The number of ether oxygens (including phenoxy) is 1. The maximum absolute atomic E-state index is 12.4. The Kier molecular flexibility index (Phi) is 4.74. The van der Waals surface area contributed by atoms with E-state index in [1.165, 1.54) is 4.90 Å². The first-order valence-corrected chi connectivity index (χ1v) is 8.19. The average Bonchev–Trinajstić information content (AvgIpc) is 3.02. The Bertz CT molecular complexity index is 797. The van der Waals surface area contributed by atoms with E-state index >= 15 is 0 Å². The van der Waals surface area contributed by atoms with Gasteiger partial charge in [-0.2, -0.15) is 5.10 Å². The zero-order valence-corrected chi connectivity index (χ0v) is 14.7. The van der Waals surface area contributed by atoms with Gasteiger partial charge in [0.25, 0.3) is 11.8 Å². The van der Waals surface area contributed by atoms with Crippen molar-refractivity contribution in [1.29, 1.82) is 0 Å². The molecule has 0 bridgehead atoms. The fourth-order valence-electron chi connectivity index (χ4n) is 2.75. The van der Waals surface area contributed by atoms with Crippen molar-refractivity contribution in [3.8, 4) is 5.75 Å². The number of nitrogens with zero attached hydrogens (tertiary/aromatic N) is 4. The molecule has 7 heteroatoms. The first-order chi connectivity index (χ1) is 11.9. The highest BCUT2D eigenvalue weighted by atomic mass is 16.5. The normalized spacial score (nSPS) is 13.3. The molecule has 2 aromatic rings. The van der Waals surface area contributed by atoms with Crippen molar-refractivity contribution in [1.82, 2.24) is 19.6 Å². The summed E-state index contributed by atoms with van der Waals surface area (Å²) in [4.78, 5) is 27.7. The molecule has 0 aliphatic carbocycles. The fraction of sp³-hybridized carbons (Fsp3) is 0.389. The summed E-state index contributed by atoms with van der Waals surface area (Å²) in [7, 11) is 3.39. The van der Waals surface area contributed by atoms with Crippen molar-refractivity contribution in [3.63, 3.8) is 0 Å². The second-order valence-electron chi connectivity index (χ2n) is 6.36. The summed E-state index contributed by atoms with van der Waals surface area (Å²) < 4.78 is 7.38. The topological polar surface area (TPSA) is 67.7 Å². The summed E-state index contributed by atoms with van der Waals surface area (Å²) in [5.74, 6) is 0.478. The third-order valence-corrected chi connectivity index (χ3v) is 4.13. The number of aromatic nitrogens is 2. The van der Waals surface area contributed by atoms with Crippen molar-refractivity contribution in [2.24, 2.45) is 0 Å². The summed E-state index contributed by atoms with van der Waals surface area (Å²) in [5.41, 5.74) is 2.36. The molecule has 0 spiro atoms. The lowest BCUT2D eigenvalue weighted by Crippen LogP contribution is -2.40. The van der Waals surface area contributed by atoms with Crippen LogP contribution in [0.15, 0.2) is 30.3 Å². The molecule has 1 aliphatic rings. The van der Waals surface area contributed by atoms with Gasteiger partial charge in [0.2, 0.25) is 0 Å². The molecular weight excluding hydrogens is 320 g/mol. The third-order valence-electron chi connectivity index (χ3n) is 4.13. The van der Waals surface area contributed by atoms with E-state index in [-0.39, 0.29) is 18.4 Å². The Balaban J connectivity index is 1.62. The third kappa shape index (κ3) is 3.81. The van der Waals surface area contributed by atoms with Gasteiger partial charge in [-0.25, -0.2) is 0 Å². The zero-order chi connectivity index (χ0) is 18.0. The van der Waals surface area contributed by atoms with Gasteiger partial charge in [-0.3, -0.25) is 14.3 Å². The number of amides is 2. The van der Waals surface area contributed by atoms with E-state index in [9.17, 15) is 9.59 Å². The Morgan fingerprint density at radius 3 is 2.76 bits per heavy atom. The van der Waals surface area contributed by atoms with Crippen LogP contribution in [0.25, 0.3) is 0 Å². The molecule has 7 nitrogen and oxygen atoms in total. The van der Waals surface area contributed by atoms with Crippen LogP contribution in [0.4, 0.5) is 0 Å². The maximum Gasteiger partial charge on any atom is 0.273 e. The second kappa shape index (κ2) is 6.96. The molecule has 0 saturated carbocycles. The van der Waals surface area contributed by atoms with E-state index in [1.807, 2.05) is 31.2 Å². The van der Waals surface area contributed by atoms with Crippen LogP contribution in [0.1, 0.15) is 21.7 Å². The number of carbonyl (C=O) groups is 2. The molecule has 1 aromatic heterocycles. The number of rotatable bonds is 4. The number of hydrogen-bond acceptors (Lipinski definition) is 4. The van der Waals surface area contributed by atoms with Crippen LogP contribution in [0.5, 0.6) is 5.75 Å². The first-order valence-electron chi connectivity index (χ1n) is 8.19. The van der Waals surface area contributed by atoms with Crippen LogP contribution in [-0.4, -0.2) is 58.6 Å². The minimum absolute atomic E-state index is 0.00107. The smallest absolute Gasteiger partial charge is 0.273 e. The van der Waals surface area contributed by atoms with Gasteiger partial charge in [0.05, 0.1) is 18.8 Å². The van der Waals surface area contributed by atoms with E-state index in [2.05, 4.69) is 5.10 Å². The molecule has 2 amide bonds. The molecule has 0 radical (unpaired) electrons. The Hall–Kier alpha value is -2.83. The van der Waals surface area contributed by atoms with E-state index in [0.717, 1.165) is 11.3 Å². The van der Waals surface area contributed by atoms with Crippen LogP contribution in [0, 0.1) is 6.92 Å². The lowest BCUT2D eigenvalue weighted by Gasteiger charge is -2.27. The Morgan fingerprint density at radius 2 is 2.04 bits per heavy atom. The van der Waals surface area contributed by atoms with Gasteiger partial charge in [-0.15, -0.1) is 0 Å². The lowest BCUT2D eigenvalue weighted by atomic mass is 10.2. The number of hydrogen-bond donors (Lipinski definition) is 0. The summed E-state index contributed by atoms with van der Waals surface area (Å²) in [6.07, 6.45) is 0. The highest BCUT2D eigenvalue weighted by Crippen LogP contribution is 2.16. The quantitative estimate of drug-likeness (QED) is 0.840. The molecule has 0 N–H and O–H groups in total. The van der Waals surface area contributed by atoms with Crippen molar-refractivity contribution >= 4 is 11.8 Å². The monoisotopic (exact) mass is 342 g/mol. The number of carbonyl (C=O) groups excluding carboxylic acids is 2. The Morgan fingerprint density at radius 1 is 1.24 bits per heavy atom. The van der Waals surface area contributed by atoms with Gasteiger partial charge in [0.15, 0.2) is 12.3 Å². The molecule has 25 heavy (non-hydrogen) atoms. The van der Waals surface area contributed by atoms with Crippen molar-refractivity contribution < 1.29 is 14.3 Å². The van der Waals surface area contributed by atoms with Crippen LogP contribution < -0.4 is 4.74 Å². The minimum Gasteiger partial charge on any atom is -0.484 e. The fourth-order valence-corrected chi connectivity index (χ4v) is 2.75. The number of aryl methyl sites for hydroxylation is 1. The molecule has 2 heterocycles. The van der Waals surface area contributed by atoms with Crippen LogP contribution >= 0.6 is 0 Å². The minimum atomic E-state index is -0.137. The summed E-state index contributed by atoms with van der Waals surface area (Å²) in [6.45, 7) is 3.55. The SMILES string of the molecule is Cc1cccc(OCC(=O)N2CCn3nc(C(=O)N(C)C)cc3C2)c1. The highest BCUT2D eigenvalue weighted by Gasteiger charge is 2.24. The van der Waals surface area contributed by atoms with E-state index in [0.29, 0.717) is 31.1 Å². The molecule has 1 aromatic carbocycles. The zero-order valence-electron chi connectivity index (χ0n) is 14.7. The Labute approximate surface area is 146 Å². The van der Waals surface area contributed by atoms with Crippen molar-refractivity contribution in [2.75, 3.05) is 27.2 Å². The van der Waals surface area contributed by atoms with Gasteiger partial charge < -0.3 is 14.5 Å². The van der Waals surface area contributed by atoms with Gasteiger partial charge in [0.1, 0.15) is 5.75 Å². The molecule has 3 rings (SSSR count). The van der Waals surface area contributed by atoms with Gasteiger partial charge >= 0.3 is 0 Å². The lowest BCUT2D eigenvalue weighted by molar-refractivity contribution is -0.134. The van der Waals surface area contributed by atoms with E-state index in [1.54, 1.807) is 29.7 Å². The van der Waals surface area contributed by atoms with Crippen LogP contribution in [0.2, 0.25) is 0 Å². The molecule has 132 valence electrons. The average molecular weight is 342 g/mol. The number of benzene rings is 1. The molecule has 0 unspecified atom stereocenters. The molecule has 0 saturated heterocycles. The first kappa shape index (κ1) is 17.0. The summed E-state index contributed by atoms with van der Waals surface area (Å²) >= 11 is 0. The van der Waals surface area contributed by atoms with Crippen LogP contribution in [-0.2, 0) is 17.9 Å². The molecule has 1 aliphatic heterocycles. The largest absolute Gasteiger partial charge is 0.484 e. The molecular formula is C18H22N4O3. The summed E-state index contributed by atoms with van der Waals surface area (Å²) in [6, 6.07) is 9.37. The van der Waals surface area contributed by atoms with Gasteiger partial charge in [-0.05, 0) is 30.7 Å². The second-order valence-corrected chi connectivity index (χ2v) is 6.36. The predicted molar refractivity (Wildman–Crippen MR) is 92.3 cm³/mol. The summed E-state index contributed by atoms with van der Waals surface area (Å²) in [5, 5.41) is 4.33. The molecule has 0 atom stereocenters. The molecule has 0 fully saturated rings. The highest BCUT2D eigenvalue weighted by molar-refractivity contribution is 5.92. The van der Waals surface area contributed by atoms with Crippen molar-refractivity contribution in [2.45, 2.75) is 20.0 Å². The van der Waals surface area contributed by atoms with Gasteiger partial charge in [-0.1, -0.05) is 12.1 Å². The van der Waals surface area contributed by atoms with Crippen molar-refractivity contribution in [3.05, 3.63) is 47.3 Å².